The highest BCUT2D eigenvalue weighted by atomic mass is 79.9. The first kappa shape index (κ1) is 16.0. The Labute approximate surface area is 143 Å². The van der Waals surface area contributed by atoms with E-state index < -0.39 is 0 Å². The summed E-state index contributed by atoms with van der Waals surface area (Å²) in [6.45, 7) is 2.07. The Bertz CT molecular complexity index is 673. The number of pyridine rings is 1. The first-order valence-corrected chi connectivity index (χ1v) is 8.25. The summed E-state index contributed by atoms with van der Waals surface area (Å²) in [6, 6.07) is 11.6. The summed E-state index contributed by atoms with van der Waals surface area (Å²) in [6.07, 6.45) is 1.65. The summed E-state index contributed by atoms with van der Waals surface area (Å²) in [5, 5.41) is 3.46. The highest BCUT2D eigenvalue weighted by Gasteiger charge is 2.25. The summed E-state index contributed by atoms with van der Waals surface area (Å²) in [4.78, 5) is 18.6. The van der Waals surface area contributed by atoms with Crippen LogP contribution in [-0.4, -0.2) is 42.5 Å². The Morgan fingerprint density at radius 2 is 2.09 bits per heavy atom. The number of halogens is 1. The fourth-order valence-corrected chi connectivity index (χ4v) is 2.89. The van der Waals surface area contributed by atoms with Gasteiger partial charge in [-0.3, -0.25) is 4.79 Å². The smallest absolute Gasteiger partial charge is 0.272 e. The average molecular weight is 376 g/mol. The number of nitrogens with zero attached hydrogens (tertiary/aromatic N) is 2. The molecule has 2 aromatic rings. The molecule has 2 heterocycles. The van der Waals surface area contributed by atoms with E-state index in [0.29, 0.717) is 18.8 Å². The number of hydrogen-bond donors (Lipinski definition) is 1. The molecule has 1 N–H and O–H groups in total. The molecule has 6 heteroatoms. The molecule has 5 nitrogen and oxygen atoms in total. The van der Waals surface area contributed by atoms with Crippen LogP contribution in [-0.2, 0) is 0 Å². The van der Waals surface area contributed by atoms with Crippen LogP contribution in [0.4, 0.5) is 0 Å². The van der Waals surface area contributed by atoms with Crippen molar-refractivity contribution in [2.75, 3.05) is 26.7 Å². The molecule has 3 rings (SSSR count). The number of aromatic nitrogens is 1. The van der Waals surface area contributed by atoms with E-state index in [0.717, 1.165) is 22.3 Å². The molecule has 1 unspecified atom stereocenters. The molecule has 1 aliphatic rings. The summed E-state index contributed by atoms with van der Waals surface area (Å²) in [5.41, 5.74) is 1.62. The van der Waals surface area contributed by atoms with Gasteiger partial charge >= 0.3 is 0 Å². The minimum atomic E-state index is -0.0301. The second-order valence-electron chi connectivity index (χ2n) is 5.39. The predicted molar refractivity (Wildman–Crippen MR) is 91.6 cm³/mol. The van der Waals surface area contributed by atoms with E-state index in [1.165, 1.54) is 0 Å². The third-order valence-corrected chi connectivity index (χ3v) is 4.40. The largest absolute Gasteiger partial charge is 0.497 e. The number of nitrogens with one attached hydrogen (secondary N) is 1. The van der Waals surface area contributed by atoms with Crippen LogP contribution in [0.1, 0.15) is 22.1 Å². The molecular formula is C17H18BrN3O2. The molecule has 1 aromatic heterocycles. The minimum absolute atomic E-state index is 0.0301. The molecular weight excluding hydrogens is 358 g/mol. The van der Waals surface area contributed by atoms with Gasteiger partial charge in [0.05, 0.1) is 7.11 Å². The third kappa shape index (κ3) is 3.71. The lowest BCUT2D eigenvalue weighted by Gasteiger charge is -2.33. The summed E-state index contributed by atoms with van der Waals surface area (Å²) in [7, 11) is 1.65. The monoisotopic (exact) mass is 375 g/mol. The maximum atomic E-state index is 12.6. The van der Waals surface area contributed by atoms with Crippen molar-refractivity contribution in [1.29, 1.82) is 0 Å². The van der Waals surface area contributed by atoms with Crippen LogP contribution in [0.5, 0.6) is 5.75 Å². The quantitative estimate of drug-likeness (QED) is 0.895. The zero-order valence-electron chi connectivity index (χ0n) is 12.8. The molecule has 1 aromatic carbocycles. The highest BCUT2D eigenvalue weighted by molar-refractivity contribution is 9.10. The van der Waals surface area contributed by atoms with Crippen molar-refractivity contribution >= 4 is 21.8 Å². The molecule has 0 spiro atoms. The van der Waals surface area contributed by atoms with Crippen LogP contribution in [0.25, 0.3) is 0 Å². The van der Waals surface area contributed by atoms with Crippen molar-refractivity contribution < 1.29 is 9.53 Å². The van der Waals surface area contributed by atoms with Gasteiger partial charge in [-0.25, -0.2) is 4.98 Å². The molecule has 1 fully saturated rings. The number of amides is 1. The number of rotatable bonds is 3. The zero-order chi connectivity index (χ0) is 16.2. The van der Waals surface area contributed by atoms with Crippen LogP contribution in [0, 0.1) is 0 Å². The second kappa shape index (κ2) is 7.10. The van der Waals surface area contributed by atoms with Gasteiger partial charge < -0.3 is 15.0 Å². The Hall–Kier alpha value is -1.92. The molecule has 0 saturated carbocycles. The average Bonchev–Trinajstić information content (AvgIpc) is 2.62. The topological polar surface area (TPSA) is 54.5 Å². The molecule has 120 valence electrons. The third-order valence-electron chi connectivity index (χ3n) is 3.93. The van der Waals surface area contributed by atoms with Gasteiger partial charge in [-0.2, -0.15) is 0 Å². The summed E-state index contributed by atoms with van der Waals surface area (Å²) >= 11 is 3.33. The first-order valence-electron chi connectivity index (χ1n) is 7.45. The van der Waals surface area contributed by atoms with Gasteiger partial charge in [0.2, 0.25) is 0 Å². The summed E-state index contributed by atoms with van der Waals surface area (Å²) < 4.78 is 6.05. The summed E-state index contributed by atoms with van der Waals surface area (Å²) in [5.74, 6) is 0.800. The van der Waals surface area contributed by atoms with E-state index in [1.807, 2.05) is 35.2 Å². The van der Waals surface area contributed by atoms with Crippen molar-refractivity contribution in [2.45, 2.75) is 6.04 Å². The maximum Gasteiger partial charge on any atom is 0.272 e. The fraction of sp³-hybridized carbons (Fsp3) is 0.294. The van der Waals surface area contributed by atoms with Crippen molar-refractivity contribution in [3.63, 3.8) is 0 Å². The van der Waals surface area contributed by atoms with Crippen LogP contribution >= 0.6 is 15.9 Å². The lowest BCUT2D eigenvalue weighted by Crippen LogP contribution is -2.48. The number of benzene rings is 1. The van der Waals surface area contributed by atoms with Crippen LogP contribution < -0.4 is 10.1 Å². The molecule has 1 saturated heterocycles. The molecule has 1 amide bonds. The molecule has 0 aliphatic carbocycles. The van der Waals surface area contributed by atoms with Crippen LogP contribution in [0.2, 0.25) is 0 Å². The Morgan fingerprint density at radius 1 is 1.30 bits per heavy atom. The van der Waals surface area contributed by atoms with Gasteiger partial charge in [0.15, 0.2) is 0 Å². The van der Waals surface area contributed by atoms with E-state index in [4.69, 9.17) is 4.74 Å². The number of carbonyl (C=O) groups is 1. The van der Waals surface area contributed by atoms with E-state index in [-0.39, 0.29) is 11.9 Å². The van der Waals surface area contributed by atoms with Crippen LogP contribution in [0.3, 0.4) is 0 Å². The Kier molecular flexibility index (Phi) is 4.93. The van der Waals surface area contributed by atoms with Gasteiger partial charge in [0, 0.05) is 36.3 Å². The number of carbonyl (C=O) groups excluding carboxylic acids is 1. The molecule has 0 bridgehead atoms. The van der Waals surface area contributed by atoms with Crippen LogP contribution in [0.15, 0.2) is 47.1 Å². The van der Waals surface area contributed by atoms with Gasteiger partial charge in [0.1, 0.15) is 11.4 Å². The van der Waals surface area contributed by atoms with E-state index in [2.05, 4.69) is 26.2 Å². The van der Waals surface area contributed by atoms with Gasteiger partial charge in [0.25, 0.3) is 5.91 Å². The van der Waals surface area contributed by atoms with Gasteiger partial charge in [-0.05, 0) is 45.8 Å². The van der Waals surface area contributed by atoms with Crippen molar-refractivity contribution in [3.8, 4) is 5.75 Å². The minimum Gasteiger partial charge on any atom is -0.497 e. The van der Waals surface area contributed by atoms with E-state index >= 15 is 0 Å². The number of ether oxygens (including phenoxy) is 1. The maximum absolute atomic E-state index is 12.6. The van der Waals surface area contributed by atoms with E-state index in [9.17, 15) is 4.79 Å². The van der Waals surface area contributed by atoms with E-state index in [1.54, 1.807) is 19.4 Å². The molecule has 1 aliphatic heterocycles. The first-order chi connectivity index (χ1) is 11.2. The predicted octanol–water partition coefficient (Wildman–Crippen LogP) is 2.64. The number of methoxy groups -OCH3 is 1. The molecule has 23 heavy (non-hydrogen) atoms. The molecule has 1 atom stereocenters. The lowest BCUT2D eigenvalue weighted by molar-refractivity contribution is 0.0697. The highest BCUT2D eigenvalue weighted by Crippen LogP contribution is 2.21. The SMILES string of the molecule is COc1ccc(C2CN(C(=O)c3ccc(Br)cn3)CCN2)cc1. The Balaban J connectivity index is 1.72. The number of hydrogen-bond acceptors (Lipinski definition) is 4. The standard InChI is InChI=1S/C17H18BrN3O2/c1-23-14-5-2-12(3-6-14)16-11-21(9-8-19-16)17(22)15-7-4-13(18)10-20-15/h2-7,10,16,19H,8-9,11H2,1H3. The Morgan fingerprint density at radius 3 is 2.74 bits per heavy atom. The molecule has 0 radical (unpaired) electrons. The van der Waals surface area contributed by atoms with Crippen molar-refractivity contribution in [2.24, 2.45) is 0 Å². The second-order valence-corrected chi connectivity index (χ2v) is 6.31. The fourth-order valence-electron chi connectivity index (χ4n) is 2.66. The zero-order valence-corrected chi connectivity index (χ0v) is 14.4. The van der Waals surface area contributed by atoms with Gasteiger partial charge in [-0.15, -0.1) is 0 Å². The van der Waals surface area contributed by atoms with Crippen molar-refractivity contribution in [1.82, 2.24) is 15.2 Å². The van der Waals surface area contributed by atoms with Gasteiger partial charge in [-0.1, -0.05) is 12.1 Å². The van der Waals surface area contributed by atoms with Crippen molar-refractivity contribution in [3.05, 3.63) is 58.3 Å². The lowest BCUT2D eigenvalue weighted by atomic mass is 10.0. The normalized spacial score (nSPS) is 17.8. The number of piperazine rings is 1.